The minimum absolute atomic E-state index is 0.0851. The molecule has 24 heavy (non-hydrogen) atoms. The van der Waals surface area contributed by atoms with Crippen molar-refractivity contribution in [2.75, 3.05) is 0 Å². The largest absolute Gasteiger partial charge is 0.353 e. The fourth-order valence-electron chi connectivity index (χ4n) is 4.43. The lowest BCUT2D eigenvalue weighted by Crippen LogP contribution is -2.49. The number of nitrogens with zero attached hydrogens (tertiary/aromatic N) is 3. The molecule has 3 rings (SSSR count). The highest BCUT2D eigenvalue weighted by Gasteiger charge is 2.41. The summed E-state index contributed by atoms with van der Waals surface area (Å²) in [6.07, 6.45) is 7.22. The molecule has 1 aromatic heterocycles. The number of hydrogen-bond acceptors (Lipinski definition) is 3. The first-order valence-corrected chi connectivity index (χ1v) is 9.16. The number of carbonyl (C=O) groups excluding carboxylic acids is 1. The van der Waals surface area contributed by atoms with E-state index in [1.54, 1.807) is 18.7 Å². The third-order valence-corrected chi connectivity index (χ3v) is 5.87. The van der Waals surface area contributed by atoms with Crippen LogP contribution in [0.3, 0.4) is 0 Å². The van der Waals surface area contributed by atoms with E-state index in [2.05, 4.69) is 24.3 Å². The minimum atomic E-state index is -0.0851. The van der Waals surface area contributed by atoms with E-state index in [0.717, 1.165) is 37.9 Å². The maximum Gasteiger partial charge on any atom is 0.345 e. The van der Waals surface area contributed by atoms with Crippen molar-refractivity contribution in [3.63, 3.8) is 0 Å². The summed E-state index contributed by atoms with van der Waals surface area (Å²) in [6, 6.07) is 0.215. The third kappa shape index (κ3) is 3.42. The van der Waals surface area contributed by atoms with Crippen LogP contribution in [0.1, 0.15) is 58.2 Å². The summed E-state index contributed by atoms with van der Waals surface area (Å²) in [6.45, 7) is 4.45. The Morgan fingerprint density at radius 2 is 1.92 bits per heavy atom. The lowest BCUT2D eigenvalue weighted by atomic mass is 9.64. The second-order valence-corrected chi connectivity index (χ2v) is 8.51. The molecule has 1 amide bonds. The van der Waals surface area contributed by atoms with Crippen LogP contribution >= 0.6 is 0 Å². The maximum absolute atomic E-state index is 12.5. The van der Waals surface area contributed by atoms with E-state index in [0.29, 0.717) is 11.3 Å². The zero-order valence-electron chi connectivity index (χ0n) is 15.3. The van der Waals surface area contributed by atoms with E-state index in [-0.39, 0.29) is 23.6 Å². The van der Waals surface area contributed by atoms with Crippen LogP contribution in [0.15, 0.2) is 4.79 Å². The molecule has 1 heterocycles. The van der Waals surface area contributed by atoms with Gasteiger partial charge in [-0.25, -0.2) is 9.48 Å². The smallest absolute Gasteiger partial charge is 0.345 e. The normalized spacial score (nSPS) is 26.8. The van der Waals surface area contributed by atoms with Crippen LogP contribution in [-0.4, -0.2) is 26.3 Å². The summed E-state index contributed by atoms with van der Waals surface area (Å²) in [7, 11) is 3.46. The molecule has 134 valence electrons. The quantitative estimate of drug-likeness (QED) is 0.912. The summed E-state index contributed by atoms with van der Waals surface area (Å²) in [5, 5.41) is 7.66. The highest BCUT2D eigenvalue weighted by atomic mass is 16.2. The molecule has 2 aliphatic carbocycles. The summed E-state index contributed by atoms with van der Waals surface area (Å²) in [5.74, 6) is 1.60. The number of nitrogens with one attached hydrogen (secondary N) is 1. The van der Waals surface area contributed by atoms with E-state index in [4.69, 9.17) is 0 Å². The number of aryl methyl sites for hydroxylation is 1. The first kappa shape index (κ1) is 17.2. The van der Waals surface area contributed by atoms with Crippen LogP contribution in [0, 0.1) is 17.3 Å². The number of carbonyl (C=O) groups is 1. The Labute approximate surface area is 143 Å². The van der Waals surface area contributed by atoms with Gasteiger partial charge in [0.25, 0.3) is 0 Å². The predicted octanol–water partition coefficient (Wildman–Crippen LogP) is 1.77. The first-order chi connectivity index (χ1) is 11.3. The minimum Gasteiger partial charge on any atom is -0.353 e. The van der Waals surface area contributed by atoms with Gasteiger partial charge in [-0.3, -0.25) is 9.36 Å². The maximum atomic E-state index is 12.5. The monoisotopic (exact) mass is 334 g/mol. The van der Waals surface area contributed by atoms with Crippen LogP contribution in [0.25, 0.3) is 0 Å². The van der Waals surface area contributed by atoms with Crippen LogP contribution in [0.4, 0.5) is 0 Å². The van der Waals surface area contributed by atoms with E-state index >= 15 is 0 Å². The van der Waals surface area contributed by atoms with Gasteiger partial charge in [-0.15, -0.1) is 0 Å². The lowest BCUT2D eigenvalue weighted by molar-refractivity contribution is -0.132. The van der Waals surface area contributed by atoms with Gasteiger partial charge in [-0.05, 0) is 37.0 Å². The molecule has 6 nitrogen and oxygen atoms in total. The molecule has 0 radical (unpaired) electrons. The summed E-state index contributed by atoms with van der Waals surface area (Å²) >= 11 is 0. The number of aromatic nitrogens is 3. The zero-order chi connectivity index (χ0) is 17.5. The predicted molar refractivity (Wildman–Crippen MR) is 92.5 cm³/mol. The standard InChI is InChI=1S/C18H30N4O2/c1-18(2)10-13(11-18)16(23)19-14-8-6-5-7-12(14)9-15-20-22(4)17(24)21(15)3/h12-14H,5-11H2,1-4H3,(H,19,23)/t12-,14-/m1/s1. The van der Waals surface area contributed by atoms with Crippen LogP contribution in [-0.2, 0) is 25.3 Å². The highest BCUT2D eigenvalue weighted by Crippen LogP contribution is 2.45. The molecular weight excluding hydrogens is 304 g/mol. The van der Waals surface area contributed by atoms with Gasteiger partial charge in [0, 0.05) is 32.5 Å². The molecule has 0 saturated heterocycles. The molecule has 6 heteroatoms. The van der Waals surface area contributed by atoms with Gasteiger partial charge < -0.3 is 5.32 Å². The molecule has 1 N–H and O–H groups in total. The Balaban J connectivity index is 1.64. The molecule has 2 fully saturated rings. The number of amides is 1. The Kier molecular flexibility index (Phi) is 4.58. The number of rotatable bonds is 4. The van der Waals surface area contributed by atoms with Crippen LogP contribution < -0.4 is 11.0 Å². The van der Waals surface area contributed by atoms with Crippen molar-refractivity contribution in [2.45, 2.75) is 64.8 Å². The van der Waals surface area contributed by atoms with Crippen LogP contribution in [0.2, 0.25) is 0 Å². The first-order valence-electron chi connectivity index (χ1n) is 9.16. The van der Waals surface area contributed by atoms with E-state index < -0.39 is 0 Å². The Bertz CT molecular complexity index is 665. The average molecular weight is 334 g/mol. The highest BCUT2D eigenvalue weighted by molar-refractivity contribution is 5.80. The lowest BCUT2D eigenvalue weighted by Gasteiger charge is -2.43. The number of hydrogen-bond donors (Lipinski definition) is 1. The fourth-order valence-corrected chi connectivity index (χ4v) is 4.43. The fraction of sp³-hybridized carbons (Fsp3) is 0.833. The molecule has 0 unspecified atom stereocenters. The van der Waals surface area contributed by atoms with Gasteiger partial charge in [0.2, 0.25) is 5.91 Å². The zero-order valence-corrected chi connectivity index (χ0v) is 15.3. The third-order valence-electron chi connectivity index (χ3n) is 5.87. The summed E-state index contributed by atoms with van der Waals surface area (Å²) in [5.41, 5.74) is 0.235. The van der Waals surface area contributed by atoms with Crippen molar-refractivity contribution in [1.29, 1.82) is 0 Å². The second kappa shape index (κ2) is 6.37. The molecule has 0 bridgehead atoms. The Hall–Kier alpha value is -1.59. The van der Waals surface area contributed by atoms with Gasteiger partial charge in [0.15, 0.2) is 0 Å². The van der Waals surface area contributed by atoms with Crippen molar-refractivity contribution in [1.82, 2.24) is 19.7 Å². The summed E-state index contributed by atoms with van der Waals surface area (Å²) in [4.78, 5) is 24.4. The van der Waals surface area contributed by atoms with E-state index in [1.165, 1.54) is 17.5 Å². The molecular formula is C18H30N4O2. The van der Waals surface area contributed by atoms with Crippen LogP contribution in [0.5, 0.6) is 0 Å². The molecule has 2 saturated carbocycles. The van der Waals surface area contributed by atoms with Crippen molar-refractivity contribution in [3.05, 3.63) is 16.3 Å². The second-order valence-electron chi connectivity index (χ2n) is 8.51. The summed E-state index contributed by atoms with van der Waals surface area (Å²) < 4.78 is 3.02. The molecule has 0 aromatic carbocycles. The topological polar surface area (TPSA) is 68.9 Å². The van der Waals surface area contributed by atoms with Gasteiger partial charge in [-0.2, -0.15) is 5.10 Å². The van der Waals surface area contributed by atoms with E-state index in [1.807, 2.05) is 0 Å². The van der Waals surface area contributed by atoms with Crippen molar-refractivity contribution >= 4 is 5.91 Å². The SMILES string of the molecule is Cn1nc(C[C@H]2CCCC[C@H]2NC(=O)C2CC(C)(C)C2)n(C)c1=O. The van der Waals surface area contributed by atoms with Gasteiger partial charge >= 0.3 is 5.69 Å². The van der Waals surface area contributed by atoms with Gasteiger partial charge in [0.1, 0.15) is 5.82 Å². The average Bonchev–Trinajstić information content (AvgIpc) is 2.74. The van der Waals surface area contributed by atoms with Crippen molar-refractivity contribution in [3.8, 4) is 0 Å². The molecule has 0 aliphatic heterocycles. The van der Waals surface area contributed by atoms with Gasteiger partial charge in [-0.1, -0.05) is 26.7 Å². The Morgan fingerprint density at radius 1 is 1.25 bits per heavy atom. The molecule has 0 spiro atoms. The van der Waals surface area contributed by atoms with E-state index in [9.17, 15) is 9.59 Å². The van der Waals surface area contributed by atoms with Crippen molar-refractivity contribution in [2.24, 2.45) is 31.3 Å². The van der Waals surface area contributed by atoms with Gasteiger partial charge in [0.05, 0.1) is 0 Å². The Morgan fingerprint density at radius 3 is 2.50 bits per heavy atom. The molecule has 2 aliphatic rings. The molecule has 2 atom stereocenters. The molecule has 1 aromatic rings. The van der Waals surface area contributed by atoms with Crippen molar-refractivity contribution < 1.29 is 4.79 Å².